The van der Waals surface area contributed by atoms with Gasteiger partial charge in [0.05, 0.1) is 6.10 Å². The lowest BCUT2D eigenvalue weighted by Gasteiger charge is -2.27. The van der Waals surface area contributed by atoms with Gasteiger partial charge in [-0.05, 0) is 44.2 Å². The molecular weight excluding hydrogens is 200 g/mol. The number of ether oxygens (including phenoxy) is 1. The van der Waals surface area contributed by atoms with E-state index in [2.05, 4.69) is 19.1 Å². The van der Waals surface area contributed by atoms with Crippen LogP contribution >= 0.6 is 0 Å². The van der Waals surface area contributed by atoms with Crippen molar-refractivity contribution < 1.29 is 9.53 Å². The first-order valence-electron chi connectivity index (χ1n) is 5.99. The zero-order valence-corrected chi connectivity index (χ0v) is 9.74. The van der Waals surface area contributed by atoms with E-state index in [4.69, 9.17) is 4.74 Å². The summed E-state index contributed by atoms with van der Waals surface area (Å²) in [7, 11) is 0. The number of carbonyl (C=O) groups is 1. The molecule has 0 aromatic heterocycles. The molecule has 0 N–H and O–H groups in total. The molecule has 0 spiro atoms. The third kappa shape index (κ3) is 2.63. The van der Waals surface area contributed by atoms with Crippen LogP contribution in [0.3, 0.4) is 0 Å². The van der Waals surface area contributed by atoms with E-state index in [-0.39, 0.29) is 0 Å². The average molecular weight is 218 g/mol. The largest absolute Gasteiger partial charge is 0.490 e. The van der Waals surface area contributed by atoms with E-state index in [1.165, 1.54) is 30.4 Å². The van der Waals surface area contributed by atoms with Crippen LogP contribution < -0.4 is 4.74 Å². The van der Waals surface area contributed by atoms with Gasteiger partial charge < -0.3 is 9.53 Å². The van der Waals surface area contributed by atoms with E-state index >= 15 is 0 Å². The normalized spacial score (nSPS) is 15.6. The fourth-order valence-electron chi connectivity index (χ4n) is 1.90. The fraction of sp³-hybridized carbons (Fsp3) is 0.500. The van der Waals surface area contributed by atoms with E-state index in [9.17, 15) is 4.79 Å². The quantitative estimate of drug-likeness (QED) is 0.710. The Labute approximate surface area is 96.6 Å². The van der Waals surface area contributed by atoms with Gasteiger partial charge in [-0.2, -0.15) is 0 Å². The molecule has 0 saturated heterocycles. The Hall–Kier alpha value is -1.31. The van der Waals surface area contributed by atoms with Crippen molar-refractivity contribution in [3.05, 3.63) is 29.3 Å². The van der Waals surface area contributed by atoms with Gasteiger partial charge in [-0.25, -0.2) is 0 Å². The molecule has 1 aromatic rings. The monoisotopic (exact) mass is 218 g/mol. The SMILES string of the molecule is Cc1ccc(OC2CCC2)c(CCC=O)c1. The van der Waals surface area contributed by atoms with Gasteiger partial charge in [0.1, 0.15) is 12.0 Å². The maximum absolute atomic E-state index is 10.4. The van der Waals surface area contributed by atoms with E-state index < -0.39 is 0 Å². The van der Waals surface area contributed by atoms with Crippen molar-refractivity contribution in [2.45, 2.75) is 45.1 Å². The maximum atomic E-state index is 10.4. The van der Waals surface area contributed by atoms with Gasteiger partial charge in [0.25, 0.3) is 0 Å². The van der Waals surface area contributed by atoms with Crippen LogP contribution in [0.5, 0.6) is 5.75 Å². The molecule has 2 heteroatoms. The van der Waals surface area contributed by atoms with E-state index in [0.29, 0.717) is 12.5 Å². The lowest BCUT2D eigenvalue weighted by molar-refractivity contribution is -0.107. The van der Waals surface area contributed by atoms with E-state index in [1.807, 2.05) is 6.07 Å². The zero-order chi connectivity index (χ0) is 11.4. The number of hydrogen-bond acceptors (Lipinski definition) is 2. The van der Waals surface area contributed by atoms with Crippen LogP contribution in [0.15, 0.2) is 18.2 Å². The second-order valence-electron chi connectivity index (χ2n) is 4.49. The standard InChI is InChI=1S/C14H18O2/c1-11-7-8-14(16-13-5-2-6-13)12(10-11)4-3-9-15/h7-10,13H,2-6H2,1H3. The van der Waals surface area contributed by atoms with Crippen LogP contribution in [0.2, 0.25) is 0 Å². The topological polar surface area (TPSA) is 26.3 Å². The molecule has 16 heavy (non-hydrogen) atoms. The number of benzene rings is 1. The average Bonchev–Trinajstić information content (AvgIpc) is 2.22. The summed E-state index contributed by atoms with van der Waals surface area (Å²) in [4.78, 5) is 10.4. The summed E-state index contributed by atoms with van der Waals surface area (Å²) in [5, 5.41) is 0. The number of carbonyl (C=O) groups excluding carboxylic acids is 1. The van der Waals surface area contributed by atoms with E-state index in [0.717, 1.165) is 18.5 Å². The molecule has 1 fully saturated rings. The molecule has 0 amide bonds. The fourth-order valence-corrected chi connectivity index (χ4v) is 1.90. The highest BCUT2D eigenvalue weighted by atomic mass is 16.5. The van der Waals surface area contributed by atoms with Crippen molar-refractivity contribution in [3.63, 3.8) is 0 Å². The van der Waals surface area contributed by atoms with Gasteiger partial charge in [0, 0.05) is 6.42 Å². The van der Waals surface area contributed by atoms with E-state index in [1.54, 1.807) is 0 Å². The second kappa shape index (κ2) is 5.15. The lowest BCUT2D eigenvalue weighted by atomic mass is 9.96. The molecular formula is C14H18O2. The van der Waals surface area contributed by atoms with Crippen molar-refractivity contribution in [3.8, 4) is 5.75 Å². The predicted octanol–water partition coefficient (Wildman–Crippen LogP) is 3.06. The summed E-state index contributed by atoms with van der Waals surface area (Å²) >= 11 is 0. The first kappa shape index (κ1) is 11.2. The van der Waals surface area contributed by atoms with Crippen LogP contribution in [0.4, 0.5) is 0 Å². The number of hydrogen-bond donors (Lipinski definition) is 0. The van der Waals surface area contributed by atoms with Crippen LogP contribution in [-0.2, 0) is 11.2 Å². The van der Waals surface area contributed by atoms with Gasteiger partial charge in [-0.1, -0.05) is 17.7 Å². The molecule has 1 aromatic carbocycles. The molecule has 0 bridgehead atoms. The molecule has 0 heterocycles. The van der Waals surface area contributed by atoms with Gasteiger partial charge in [-0.3, -0.25) is 0 Å². The highest BCUT2D eigenvalue weighted by Gasteiger charge is 2.20. The Bertz CT molecular complexity index is 367. The first-order chi connectivity index (χ1) is 7.79. The molecule has 1 aliphatic rings. The molecule has 2 rings (SSSR count). The molecule has 0 unspecified atom stereocenters. The third-order valence-corrected chi connectivity index (χ3v) is 3.09. The zero-order valence-electron chi connectivity index (χ0n) is 9.74. The molecule has 0 radical (unpaired) electrons. The smallest absolute Gasteiger partial charge is 0.122 e. The summed E-state index contributed by atoms with van der Waals surface area (Å²) in [5.41, 5.74) is 2.39. The Balaban J connectivity index is 2.10. The van der Waals surface area contributed by atoms with Crippen molar-refractivity contribution in [1.29, 1.82) is 0 Å². The van der Waals surface area contributed by atoms with Gasteiger partial charge in [-0.15, -0.1) is 0 Å². The van der Waals surface area contributed by atoms with Crippen molar-refractivity contribution in [2.24, 2.45) is 0 Å². The van der Waals surface area contributed by atoms with Gasteiger partial charge >= 0.3 is 0 Å². The molecule has 0 atom stereocenters. The Morgan fingerprint density at radius 1 is 1.44 bits per heavy atom. The summed E-state index contributed by atoms with van der Waals surface area (Å²) in [5.74, 6) is 0.970. The Kier molecular flexibility index (Phi) is 3.60. The molecule has 2 nitrogen and oxygen atoms in total. The van der Waals surface area contributed by atoms with Gasteiger partial charge in [0.2, 0.25) is 0 Å². The van der Waals surface area contributed by atoms with Crippen LogP contribution in [-0.4, -0.2) is 12.4 Å². The molecule has 1 aliphatic carbocycles. The number of aryl methyl sites for hydroxylation is 2. The van der Waals surface area contributed by atoms with Crippen LogP contribution in [0.1, 0.15) is 36.8 Å². The summed E-state index contributed by atoms with van der Waals surface area (Å²) in [6, 6.07) is 6.23. The van der Waals surface area contributed by atoms with Crippen molar-refractivity contribution in [1.82, 2.24) is 0 Å². The maximum Gasteiger partial charge on any atom is 0.122 e. The molecule has 86 valence electrons. The minimum absolute atomic E-state index is 0.401. The minimum Gasteiger partial charge on any atom is -0.490 e. The van der Waals surface area contributed by atoms with Crippen LogP contribution in [0.25, 0.3) is 0 Å². The number of rotatable bonds is 5. The van der Waals surface area contributed by atoms with Crippen molar-refractivity contribution in [2.75, 3.05) is 0 Å². The highest BCUT2D eigenvalue weighted by Crippen LogP contribution is 2.28. The minimum atomic E-state index is 0.401. The lowest BCUT2D eigenvalue weighted by Crippen LogP contribution is -2.25. The van der Waals surface area contributed by atoms with Crippen molar-refractivity contribution >= 4 is 6.29 Å². The summed E-state index contributed by atoms with van der Waals surface area (Å²) in [6.45, 7) is 2.07. The van der Waals surface area contributed by atoms with Gasteiger partial charge in [0.15, 0.2) is 0 Å². The Morgan fingerprint density at radius 2 is 2.25 bits per heavy atom. The highest BCUT2D eigenvalue weighted by molar-refractivity contribution is 5.51. The Morgan fingerprint density at radius 3 is 2.88 bits per heavy atom. The predicted molar refractivity (Wildman–Crippen MR) is 63.8 cm³/mol. The molecule has 0 aliphatic heterocycles. The second-order valence-corrected chi connectivity index (χ2v) is 4.49. The van der Waals surface area contributed by atoms with Crippen LogP contribution in [0, 0.1) is 6.92 Å². The third-order valence-electron chi connectivity index (χ3n) is 3.09. The number of aldehydes is 1. The molecule has 1 saturated carbocycles. The first-order valence-corrected chi connectivity index (χ1v) is 5.99. The summed E-state index contributed by atoms with van der Waals surface area (Å²) in [6.07, 6.45) is 6.34. The summed E-state index contributed by atoms with van der Waals surface area (Å²) < 4.78 is 5.92.